The van der Waals surface area contributed by atoms with Crippen LogP contribution in [0.3, 0.4) is 0 Å². The van der Waals surface area contributed by atoms with Gasteiger partial charge in [0.05, 0.1) is 29.4 Å². The highest BCUT2D eigenvalue weighted by molar-refractivity contribution is 7.91. The second kappa shape index (κ2) is 9.53. The minimum atomic E-state index is -3.89. The van der Waals surface area contributed by atoms with Gasteiger partial charge in [-0.25, -0.2) is 13.2 Å². The second-order valence-corrected chi connectivity index (χ2v) is 10.4. The first-order chi connectivity index (χ1) is 16.7. The average molecular weight is 497 g/mol. The number of rotatable bonds is 8. The Morgan fingerprint density at radius 2 is 1.80 bits per heavy atom. The molecule has 1 aliphatic heterocycles. The van der Waals surface area contributed by atoms with Crippen LogP contribution < -0.4 is 10.2 Å². The number of fused-ring (bicyclic) bond motifs is 1. The van der Waals surface area contributed by atoms with Crippen molar-refractivity contribution in [3.8, 4) is 0 Å². The van der Waals surface area contributed by atoms with Crippen LogP contribution in [0, 0.1) is 0 Å². The Hall–Kier alpha value is -3.66. The number of amides is 2. The first kappa shape index (κ1) is 24.5. The third-order valence-electron chi connectivity index (χ3n) is 6.11. The first-order valence-electron chi connectivity index (χ1n) is 11.5. The van der Waals surface area contributed by atoms with Crippen molar-refractivity contribution < 1.29 is 23.1 Å². The maximum absolute atomic E-state index is 13.7. The molecule has 1 aliphatic rings. The molecule has 0 spiro atoms. The highest BCUT2D eigenvalue weighted by atomic mass is 32.2. The topological polar surface area (TPSA) is 122 Å². The Kier molecular flexibility index (Phi) is 6.66. The molecular formula is C25H28N4O5S. The number of carbonyl (C=O) groups is 2. The van der Waals surface area contributed by atoms with Gasteiger partial charge in [0.15, 0.2) is 0 Å². The molecule has 2 amide bonds. The van der Waals surface area contributed by atoms with Gasteiger partial charge < -0.3 is 15.3 Å². The predicted molar refractivity (Wildman–Crippen MR) is 130 cm³/mol. The number of carboxylic acid groups (broad SMARTS) is 1. The van der Waals surface area contributed by atoms with Crippen LogP contribution in [0.1, 0.15) is 48.1 Å². The summed E-state index contributed by atoms with van der Waals surface area (Å²) in [4.78, 5) is 25.7. The molecule has 4 rings (SSSR count). The van der Waals surface area contributed by atoms with E-state index in [-0.39, 0.29) is 22.2 Å². The largest absolute Gasteiger partial charge is 0.465 e. The van der Waals surface area contributed by atoms with Crippen molar-refractivity contribution in [2.45, 2.75) is 62.5 Å². The van der Waals surface area contributed by atoms with Crippen LogP contribution in [-0.4, -0.2) is 41.3 Å². The summed E-state index contributed by atoms with van der Waals surface area (Å²) >= 11 is 0. The summed E-state index contributed by atoms with van der Waals surface area (Å²) < 4.78 is 29.0. The van der Waals surface area contributed by atoms with E-state index in [0.717, 1.165) is 5.56 Å². The number of anilines is 1. The SMILES string of the molecule is CCc1nn(C[C@H](C)NC(=O)O)c(CC)c1S(=O)(=O)c1ccc(N2Cc3ccccc3C2=O)cc1. The molecule has 0 bridgehead atoms. The van der Waals surface area contributed by atoms with Crippen LogP contribution >= 0.6 is 0 Å². The van der Waals surface area contributed by atoms with Crippen LogP contribution in [0.15, 0.2) is 58.3 Å². The van der Waals surface area contributed by atoms with Gasteiger partial charge >= 0.3 is 6.09 Å². The molecule has 10 heteroatoms. The highest BCUT2D eigenvalue weighted by Gasteiger charge is 2.31. The molecule has 0 aliphatic carbocycles. The Balaban J connectivity index is 1.66. The van der Waals surface area contributed by atoms with Gasteiger partial charge in [-0.3, -0.25) is 9.48 Å². The summed E-state index contributed by atoms with van der Waals surface area (Å²) in [6.07, 6.45) is -0.320. The van der Waals surface area contributed by atoms with Gasteiger partial charge in [0, 0.05) is 17.3 Å². The summed E-state index contributed by atoms with van der Waals surface area (Å²) in [5, 5.41) is 15.9. The number of carbonyl (C=O) groups excluding carboxylic acids is 1. The van der Waals surface area contributed by atoms with E-state index in [1.54, 1.807) is 34.7 Å². The Morgan fingerprint density at radius 1 is 1.11 bits per heavy atom. The number of hydrogen-bond acceptors (Lipinski definition) is 5. The normalized spacial score (nSPS) is 14.1. The number of nitrogens with one attached hydrogen (secondary N) is 1. The lowest BCUT2D eigenvalue weighted by Gasteiger charge is -2.16. The van der Waals surface area contributed by atoms with Gasteiger partial charge in [0.25, 0.3) is 5.91 Å². The number of aryl methyl sites for hydroxylation is 1. The minimum absolute atomic E-state index is 0.108. The first-order valence-corrected chi connectivity index (χ1v) is 13.0. The Labute approximate surface area is 204 Å². The second-order valence-electron chi connectivity index (χ2n) is 8.51. The van der Waals surface area contributed by atoms with E-state index in [1.807, 2.05) is 32.0 Å². The quantitative estimate of drug-likeness (QED) is 0.491. The van der Waals surface area contributed by atoms with Crippen molar-refractivity contribution in [1.82, 2.24) is 15.1 Å². The molecule has 2 N–H and O–H groups in total. The maximum atomic E-state index is 13.7. The number of sulfone groups is 1. The molecule has 0 fully saturated rings. The monoisotopic (exact) mass is 496 g/mol. The molecular weight excluding hydrogens is 468 g/mol. The predicted octanol–water partition coefficient (Wildman–Crippen LogP) is 3.66. The van der Waals surface area contributed by atoms with Crippen molar-refractivity contribution in [2.75, 3.05) is 4.90 Å². The Bertz CT molecular complexity index is 1380. The third kappa shape index (κ3) is 4.53. The van der Waals surface area contributed by atoms with Crippen molar-refractivity contribution >= 4 is 27.5 Å². The molecule has 1 atom stereocenters. The smallest absolute Gasteiger partial charge is 0.404 e. The lowest BCUT2D eigenvalue weighted by molar-refractivity contribution is 0.0996. The van der Waals surface area contributed by atoms with Crippen LogP contribution in [0.5, 0.6) is 0 Å². The fourth-order valence-corrected chi connectivity index (χ4v) is 6.26. The maximum Gasteiger partial charge on any atom is 0.404 e. The van der Waals surface area contributed by atoms with Gasteiger partial charge in [-0.2, -0.15) is 5.10 Å². The van der Waals surface area contributed by atoms with Gasteiger partial charge in [-0.05, 0) is 55.7 Å². The number of nitrogens with zero attached hydrogens (tertiary/aromatic N) is 3. The van der Waals surface area contributed by atoms with Crippen molar-refractivity contribution in [2.24, 2.45) is 0 Å². The lowest BCUT2D eigenvalue weighted by atomic mass is 10.1. The summed E-state index contributed by atoms with van der Waals surface area (Å²) in [5.74, 6) is -0.108. The van der Waals surface area contributed by atoms with Gasteiger partial charge in [0.1, 0.15) is 4.90 Å². The zero-order valence-corrected chi connectivity index (χ0v) is 20.7. The summed E-state index contributed by atoms with van der Waals surface area (Å²) in [6.45, 7) is 6.04. The summed E-state index contributed by atoms with van der Waals surface area (Å²) in [7, 11) is -3.89. The van der Waals surface area contributed by atoms with E-state index in [2.05, 4.69) is 10.4 Å². The van der Waals surface area contributed by atoms with Gasteiger partial charge in [-0.1, -0.05) is 32.0 Å². The molecule has 2 aromatic carbocycles. The molecule has 9 nitrogen and oxygen atoms in total. The number of hydrogen-bond donors (Lipinski definition) is 2. The zero-order valence-electron chi connectivity index (χ0n) is 19.9. The minimum Gasteiger partial charge on any atom is -0.465 e. The summed E-state index contributed by atoms with van der Waals surface area (Å²) in [6, 6.07) is 13.3. The average Bonchev–Trinajstić information content (AvgIpc) is 3.36. The van der Waals surface area contributed by atoms with E-state index >= 15 is 0 Å². The molecule has 184 valence electrons. The lowest BCUT2D eigenvalue weighted by Crippen LogP contribution is -2.35. The standard InChI is InChI=1S/C25H28N4O5S/c1-4-21-23(22(5-2)29(27-21)14-16(3)26-25(31)32)35(33,34)19-12-10-18(11-13-19)28-15-17-8-6-7-9-20(17)24(28)30/h6-13,16,26H,4-5,14-15H2,1-3H3,(H,31,32)/t16-/m0/s1. The molecule has 3 aromatic rings. The molecule has 0 saturated heterocycles. The zero-order chi connectivity index (χ0) is 25.3. The van der Waals surface area contributed by atoms with Crippen molar-refractivity contribution in [3.63, 3.8) is 0 Å². The highest BCUT2D eigenvalue weighted by Crippen LogP contribution is 2.32. The molecule has 1 aromatic heterocycles. The van der Waals surface area contributed by atoms with Crippen molar-refractivity contribution in [1.29, 1.82) is 0 Å². The Morgan fingerprint density at radius 3 is 2.40 bits per heavy atom. The van der Waals surface area contributed by atoms with E-state index < -0.39 is 22.0 Å². The molecule has 0 unspecified atom stereocenters. The fraction of sp³-hybridized carbons (Fsp3) is 0.320. The van der Waals surface area contributed by atoms with Crippen LogP contribution in [0.2, 0.25) is 0 Å². The van der Waals surface area contributed by atoms with Crippen LogP contribution in [-0.2, 0) is 35.8 Å². The van der Waals surface area contributed by atoms with Gasteiger partial charge in [-0.15, -0.1) is 0 Å². The van der Waals surface area contributed by atoms with Crippen LogP contribution in [0.25, 0.3) is 0 Å². The van der Waals surface area contributed by atoms with E-state index in [9.17, 15) is 18.0 Å². The number of aromatic nitrogens is 2. The molecule has 2 heterocycles. The van der Waals surface area contributed by atoms with Crippen molar-refractivity contribution in [3.05, 3.63) is 71.0 Å². The van der Waals surface area contributed by atoms with Crippen LogP contribution in [0.4, 0.5) is 10.5 Å². The fourth-order valence-electron chi connectivity index (χ4n) is 4.47. The number of benzene rings is 2. The molecule has 0 radical (unpaired) electrons. The molecule has 35 heavy (non-hydrogen) atoms. The van der Waals surface area contributed by atoms with E-state index in [1.165, 1.54) is 12.1 Å². The summed E-state index contributed by atoms with van der Waals surface area (Å²) in [5.41, 5.74) is 3.20. The van der Waals surface area contributed by atoms with E-state index in [0.29, 0.717) is 42.0 Å². The van der Waals surface area contributed by atoms with Gasteiger partial charge in [0.2, 0.25) is 9.84 Å². The molecule has 0 saturated carbocycles. The van der Waals surface area contributed by atoms with E-state index in [4.69, 9.17) is 5.11 Å². The third-order valence-corrected chi connectivity index (χ3v) is 8.01.